The van der Waals surface area contributed by atoms with Crippen LogP contribution in [0.1, 0.15) is 17.3 Å². The lowest BCUT2D eigenvalue weighted by atomic mass is 10.2. The number of hydrogen-bond donors (Lipinski definition) is 1. The summed E-state index contributed by atoms with van der Waals surface area (Å²) in [4.78, 5) is 13.1. The Morgan fingerprint density at radius 3 is 2.53 bits per heavy atom. The number of carbonyl (C=O) groups is 1. The van der Waals surface area contributed by atoms with E-state index >= 15 is 0 Å². The zero-order valence-electron chi connectivity index (χ0n) is 9.16. The first-order valence-electron chi connectivity index (χ1n) is 4.98. The Balaban J connectivity index is 2.87. The summed E-state index contributed by atoms with van der Waals surface area (Å²) < 4.78 is 36.7. The fraction of sp³-hybridized carbons (Fsp3) is 0.364. The summed E-state index contributed by atoms with van der Waals surface area (Å²) in [6.45, 7) is 0.280. The van der Waals surface area contributed by atoms with Gasteiger partial charge in [0.25, 0.3) is 5.91 Å². The third kappa shape index (κ3) is 4.30. The molecule has 0 aliphatic carbocycles. The fourth-order valence-corrected chi connectivity index (χ4v) is 1.59. The summed E-state index contributed by atoms with van der Waals surface area (Å²) in [7, 11) is 0. The van der Waals surface area contributed by atoms with Gasteiger partial charge in [0, 0.05) is 17.0 Å². The van der Waals surface area contributed by atoms with Crippen LogP contribution in [0.5, 0.6) is 0 Å². The molecule has 0 aliphatic heterocycles. The molecule has 0 saturated carbocycles. The molecule has 6 heteroatoms. The number of nitrogens with zero attached hydrogens (tertiary/aromatic N) is 1. The maximum Gasteiger partial charge on any atom is 0.406 e. The average Bonchev–Trinajstić information content (AvgIpc) is 2.23. The fourth-order valence-electron chi connectivity index (χ4n) is 1.37. The summed E-state index contributed by atoms with van der Waals surface area (Å²) in [5, 5.41) is 0. The van der Waals surface area contributed by atoms with Crippen molar-refractivity contribution in [3.63, 3.8) is 0 Å². The van der Waals surface area contributed by atoms with Gasteiger partial charge in [-0.05, 0) is 25.1 Å². The van der Waals surface area contributed by atoms with Crippen molar-refractivity contribution in [1.29, 1.82) is 0 Å². The van der Waals surface area contributed by atoms with Gasteiger partial charge >= 0.3 is 6.18 Å². The Hall–Kier alpha value is -1.17. The van der Waals surface area contributed by atoms with Gasteiger partial charge in [-0.3, -0.25) is 4.79 Å². The van der Waals surface area contributed by atoms with Gasteiger partial charge in [0.05, 0.1) is 0 Å². The smallest absolute Gasteiger partial charge is 0.330 e. The topological polar surface area (TPSA) is 20.3 Å². The first-order chi connectivity index (χ1) is 7.83. The SMILES string of the molecule is CCN(CC(F)(F)F)C(=O)c1cccc(S)c1. The highest BCUT2D eigenvalue weighted by Gasteiger charge is 2.32. The summed E-state index contributed by atoms with van der Waals surface area (Å²) in [6.07, 6.45) is -4.38. The molecule has 2 nitrogen and oxygen atoms in total. The van der Waals surface area contributed by atoms with Gasteiger partial charge in [-0.1, -0.05) is 6.07 Å². The number of rotatable bonds is 3. The van der Waals surface area contributed by atoms with Crippen LogP contribution in [0.2, 0.25) is 0 Å². The van der Waals surface area contributed by atoms with Gasteiger partial charge in [0.1, 0.15) is 6.54 Å². The molecular weight excluding hydrogens is 251 g/mol. The Bertz CT molecular complexity index is 406. The van der Waals surface area contributed by atoms with E-state index in [0.29, 0.717) is 4.90 Å². The molecule has 17 heavy (non-hydrogen) atoms. The largest absolute Gasteiger partial charge is 0.406 e. The molecule has 0 bridgehead atoms. The van der Waals surface area contributed by atoms with E-state index in [2.05, 4.69) is 12.6 Å². The highest BCUT2D eigenvalue weighted by atomic mass is 32.1. The van der Waals surface area contributed by atoms with Gasteiger partial charge in [0.15, 0.2) is 0 Å². The summed E-state index contributed by atoms with van der Waals surface area (Å²) in [6, 6.07) is 6.16. The van der Waals surface area contributed by atoms with E-state index in [0.717, 1.165) is 4.90 Å². The normalized spacial score (nSPS) is 11.4. The van der Waals surface area contributed by atoms with Gasteiger partial charge in [-0.2, -0.15) is 13.2 Å². The van der Waals surface area contributed by atoms with E-state index in [9.17, 15) is 18.0 Å². The predicted octanol–water partition coefficient (Wildman–Crippen LogP) is 3.00. The molecule has 1 rings (SSSR count). The van der Waals surface area contributed by atoms with Crippen LogP contribution in [-0.4, -0.2) is 30.1 Å². The van der Waals surface area contributed by atoms with Gasteiger partial charge in [-0.25, -0.2) is 0 Å². The van der Waals surface area contributed by atoms with E-state index in [1.807, 2.05) is 0 Å². The molecule has 0 spiro atoms. The van der Waals surface area contributed by atoms with E-state index in [1.165, 1.54) is 19.1 Å². The lowest BCUT2D eigenvalue weighted by molar-refractivity contribution is -0.140. The van der Waals surface area contributed by atoms with Crippen molar-refractivity contribution >= 4 is 18.5 Å². The molecule has 0 saturated heterocycles. The minimum absolute atomic E-state index is 0.00907. The van der Waals surface area contributed by atoms with Crippen molar-refractivity contribution in [3.05, 3.63) is 29.8 Å². The van der Waals surface area contributed by atoms with Crippen LogP contribution in [0, 0.1) is 0 Å². The second-order valence-corrected chi connectivity index (χ2v) is 4.00. The maximum atomic E-state index is 12.2. The monoisotopic (exact) mass is 263 g/mol. The first-order valence-corrected chi connectivity index (χ1v) is 5.43. The number of hydrogen-bond acceptors (Lipinski definition) is 2. The second kappa shape index (κ2) is 5.44. The van der Waals surface area contributed by atoms with Crippen LogP contribution < -0.4 is 0 Å². The van der Waals surface area contributed by atoms with Gasteiger partial charge in [-0.15, -0.1) is 12.6 Å². The van der Waals surface area contributed by atoms with Crippen molar-refractivity contribution in [3.8, 4) is 0 Å². The predicted molar refractivity (Wildman–Crippen MR) is 61.3 cm³/mol. The van der Waals surface area contributed by atoms with E-state index < -0.39 is 18.6 Å². The van der Waals surface area contributed by atoms with Crippen LogP contribution in [0.3, 0.4) is 0 Å². The van der Waals surface area contributed by atoms with Crippen molar-refractivity contribution in [2.45, 2.75) is 18.0 Å². The summed E-state index contributed by atoms with van der Waals surface area (Å²) in [5.41, 5.74) is 0.212. The Morgan fingerprint density at radius 2 is 2.06 bits per heavy atom. The number of thiol groups is 1. The lowest BCUT2D eigenvalue weighted by Gasteiger charge is -2.22. The molecule has 0 heterocycles. The van der Waals surface area contributed by atoms with Gasteiger partial charge < -0.3 is 4.90 Å². The molecule has 94 valence electrons. The molecule has 1 aromatic carbocycles. The zero-order valence-corrected chi connectivity index (χ0v) is 10.1. The lowest BCUT2D eigenvalue weighted by Crippen LogP contribution is -2.38. The third-order valence-corrected chi connectivity index (χ3v) is 2.41. The van der Waals surface area contributed by atoms with Gasteiger partial charge in [0.2, 0.25) is 0 Å². The minimum atomic E-state index is -4.38. The molecule has 0 aromatic heterocycles. The standard InChI is InChI=1S/C11H12F3NOS/c1-2-15(7-11(12,13)14)10(16)8-4-3-5-9(17)6-8/h3-6,17H,2,7H2,1H3. The summed E-state index contributed by atoms with van der Waals surface area (Å²) in [5.74, 6) is -0.638. The number of alkyl halides is 3. The highest BCUT2D eigenvalue weighted by Crippen LogP contribution is 2.18. The van der Waals surface area contributed by atoms with Crippen molar-refractivity contribution in [2.75, 3.05) is 13.1 Å². The number of benzene rings is 1. The molecule has 0 fully saturated rings. The van der Waals surface area contributed by atoms with Crippen molar-refractivity contribution in [1.82, 2.24) is 4.90 Å². The molecule has 0 unspecified atom stereocenters. The summed E-state index contributed by atoms with van der Waals surface area (Å²) >= 11 is 4.04. The van der Waals surface area contributed by atoms with E-state index in [4.69, 9.17) is 0 Å². The van der Waals surface area contributed by atoms with Crippen LogP contribution >= 0.6 is 12.6 Å². The van der Waals surface area contributed by atoms with Crippen molar-refractivity contribution in [2.24, 2.45) is 0 Å². The van der Waals surface area contributed by atoms with Crippen LogP contribution in [0.25, 0.3) is 0 Å². The number of amides is 1. The minimum Gasteiger partial charge on any atom is -0.330 e. The molecule has 0 radical (unpaired) electrons. The van der Waals surface area contributed by atoms with E-state index in [-0.39, 0.29) is 12.1 Å². The van der Waals surface area contributed by atoms with Crippen LogP contribution in [-0.2, 0) is 0 Å². The quantitative estimate of drug-likeness (QED) is 0.831. The zero-order chi connectivity index (χ0) is 13.1. The Kier molecular flexibility index (Phi) is 4.45. The first kappa shape index (κ1) is 13.9. The molecule has 1 amide bonds. The number of halogens is 3. The molecule has 1 aromatic rings. The van der Waals surface area contributed by atoms with Crippen LogP contribution in [0.15, 0.2) is 29.2 Å². The van der Waals surface area contributed by atoms with Crippen molar-refractivity contribution < 1.29 is 18.0 Å². The average molecular weight is 263 g/mol. The van der Waals surface area contributed by atoms with E-state index in [1.54, 1.807) is 12.1 Å². The molecule has 0 atom stereocenters. The van der Waals surface area contributed by atoms with Crippen LogP contribution in [0.4, 0.5) is 13.2 Å². The Labute approximate surface area is 103 Å². The molecular formula is C11H12F3NOS. The second-order valence-electron chi connectivity index (χ2n) is 3.48. The Morgan fingerprint density at radius 1 is 1.41 bits per heavy atom. The molecule has 0 N–H and O–H groups in total. The highest BCUT2D eigenvalue weighted by molar-refractivity contribution is 7.80. The molecule has 0 aliphatic rings. The third-order valence-electron chi connectivity index (χ3n) is 2.13. The number of carbonyl (C=O) groups excluding carboxylic acids is 1. The maximum absolute atomic E-state index is 12.2.